The van der Waals surface area contributed by atoms with Gasteiger partial charge in [-0.05, 0) is 12.1 Å². The van der Waals surface area contributed by atoms with Gasteiger partial charge in [-0.1, -0.05) is 24.3 Å². The highest BCUT2D eigenvalue weighted by atomic mass is 16.1. The normalized spacial score (nSPS) is 11.8. The van der Waals surface area contributed by atoms with Crippen LogP contribution in [0.1, 0.15) is 24.0 Å². The number of hydrogen-bond donors (Lipinski definition) is 4. The van der Waals surface area contributed by atoms with Gasteiger partial charge in [0.25, 0.3) is 0 Å². The van der Waals surface area contributed by atoms with Crippen molar-refractivity contribution in [2.75, 3.05) is 26.2 Å². The lowest BCUT2D eigenvalue weighted by atomic mass is 9.87. The first-order chi connectivity index (χ1) is 12.6. The summed E-state index contributed by atoms with van der Waals surface area (Å²) >= 11 is 0. The molecule has 0 saturated carbocycles. The van der Waals surface area contributed by atoms with Crippen LogP contribution in [0.15, 0.2) is 24.3 Å². The van der Waals surface area contributed by atoms with E-state index in [0.717, 1.165) is 6.42 Å². The predicted octanol–water partition coefficient (Wildman–Crippen LogP) is -2.99. The largest absolute Gasteiger partial charge is 0.358 e. The van der Waals surface area contributed by atoms with E-state index in [0.29, 0.717) is 68.9 Å². The summed E-state index contributed by atoms with van der Waals surface area (Å²) < 4.78 is 0. The van der Waals surface area contributed by atoms with Gasteiger partial charge >= 0.3 is 0 Å². The molecule has 0 radical (unpaired) electrons. The quantitative estimate of drug-likeness (QED) is 0.157. The maximum atomic E-state index is 11.6. The first-order valence-corrected chi connectivity index (χ1v) is 8.63. The molecule has 0 heterocycles. The molecule has 1 aromatic carbocycles. The van der Waals surface area contributed by atoms with E-state index in [1.165, 1.54) is 0 Å². The molecule has 0 saturated heterocycles. The molecule has 0 aromatic heterocycles. The van der Waals surface area contributed by atoms with Crippen LogP contribution < -0.4 is 22.1 Å². The molecule has 1 aromatic rings. The Morgan fingerprint density at radius 1 is 0.962 bits per heavy atom. The fraction of sp³-hybridized carbons (Fsp3) is 0.444. The highest BCUT2D eigenvalue weighted by Gasteiger charge is 2.37. The van der Waals surface area contributed by atoms with Gasteiger partial charge in [0, 0.05) is 24.9 Å². The average molecular weight is 364 g/mol. The van der Waals surface area contributed by atoms with Gasteiger partial charge in [-0.15, -0.1) is 0 Å². The second-order valence-electron chi connectivity index (χ2n) is 6.12. The average Bonchev–Trinajstić information content (AvgIpc) is 2.70. The van der Waals surface area contributed by atoms with Gasteiger partial charge in [0.15, 0.2) is 30.7 Å². The maximum Gasteiger partial charge on any atom is 0.233 e. The molecule has 0 bridgehead atoms. The molecular formula is C18H28N4O4+2. The van der Waals surface area contributed by atoms with E-state index < -0.39 is 11.1 Å². The number of nitrogens with two attached hydrogens (primary N) is 2. The summed E-state index contributed by atoms with van der Waals surface area (Å²) in [6.07, 6.45) is 3.67. The summed E-state index contributed by atoms with van der Waals surface area (Å²) in [5.41, 5.74) is 7.29. The molecule has 8 nitrogen and oxygen atoms in total. The fourth-order valence-corrected chi connectivity index (χ4v) is 2.64. The van der Waals surface area contributed by atoms with Crippen molar-refractivity contribution in [2.45, 2.75) is 23.9 Å². The molecule has 8 heteroatoms. The number of hydrogen-bond acceptors (Lipinski definition) is 6. The van der Waals surface area contributed by atoms with Crippen molar-refractivity contribution in [3.8, 4) is 0 Å². The monoisotopic (exact) mass is 364 g/mol. The lowest BCUT2D eigenvalue weighted by Gasteiger charge is -2.25. The van der Waals surface area contributed by atoms with E-state index in [1.54, 1.807) is 29.6 Å². The Balaban J connectivity index is 3.13. The number of rotatable bonds is 14. The van der Waals surface area contributed by atoms with E-state index in [9.17, 15) is 19.2 Å². The van der Waals surface area contributed by atoms with Crippen LogP contribution in [0.5, 0.6) is 0 Å². The van der Waals surface area contributed by atoms with Crippen LogP contribution in [0, 0.1) is 0 Å². The van der Waals surface area contributed by atoms with E-state index in [-0.39, 0.29) is 0 Å². The van der Waals surface area contributed by atoms with Crippen LogP contribution in [-0.2, 0) is 30.3 Å². The Labute approximate surface area is 152 Å². The summed E-state index contributed by atoms with van der Waals surface area (Å²) in [5.74, 6) is 0. The number of aldehydes is 4. The standard InChI is InChI=1S/C18H26N4O4/c19-7-1-9-21-17(11-23,12-24)15-3-5-16(6-4-15)18(13-25,14-26)22-10-2-8-20/h3-6,11-14,21-22H,1-2,7-10,19-20H2/p+2. The zero-order chi connectivity index (χ0) is 19.5. The van der Waals surface area contributed by atoms with Crippen LogP contribution in [0.2, 0.25) is 0 Å². The van der Waals surface area contributed by atoms with Crippen LogP contribution in [0.3, 0.4) is 0 Å². The van der Waals surface area contributed by atoms with Gasteiger partial charge in [0.1, 0.15) is 0 Å². The third-order valence-corrected chi connectivity index (χ3v) is 4.36. The minimum absolute atomic E-state index is 0.447. The minimum atomic E-state index is -1.46. The number of carbonyl (C=O) groups is 4. The Bertz CT molecular complexity index is 535. The molecule has 0 aliphatic carbocycles. The predicted molar refractivity (Wildman–Crippen MR) is 94.9 cm³/mol. The van der Waals surface area contributed by atoms with Gasteiger partial charge < -0.3 is 26.4 Å². The van der Waals surface area contributed by atoms with Crippen molar-refractivity contribution < 1.29 is 30.2 Å². The molecule has 0 fully saturated rings. The van der Waals surface area contributed by atoms with Crippen molar-refractivity contribution in [3.05, 3.63) is 35.4 Å². The molecule has 142 valence electrons. The summed E-state index contributed by atoms with van der Waals surface area (Å²) in [5, 5.41) is 4.57. The molecule has 26 heavy (non-hydrogen) atoms. The fourth-order valence-electron chi connectivity index (χ4n) is 2.64. The summed E-state index contributed by atoms with van der Waals surface area (Å²) in [7, 11) is 0. The Hall–Kier alpha value is -2.26. The first-order valence-electron chi connectivity index (χ1n) is 8.63. The van der Waals surface area contributed by atoms with E-state index in [1.807, 2.05) is 0 Å². The van der Waals surface area contributed by atoms with Crippen molar-refractivity contribution in [1.82, 2.24) is 5.32 Å². The molecule has 1 rings (SSSR count). The highest BCUT2D eigenvalue weighted by Crippen LogP contribution is 2.21. The third kappa shape index (κ3) is 4.89. The molecular weight excluding hydrogens is 336 g/mol. The van der Waals surface area contributed by atoms with E-state index >= 15 is 0 Å². The highest BCUT2D eigenvalue weighted by molar-refractivity contribution is 5.91. The Kier molecular flexibility index (Phi) is 8.94. The Morgan fingerprint density at radius 3 is 2.00 bits per heavy atom. The van der Waals surface area contributed by atoms with Gasteiger partial charge in [-0.2, -0.15) is 0 Å². The third-order valence-electron chi connectivity index (χ3n) is 4.36. The van der Waals surface area contributed by atoms with Crippen LogP contribution in [0.4, 0.5) is 0 Å². The van der Waals surface area contributed by atoms with Crippen LogP contribution >= 0.6 is 0 Å². The lowest BCUT2D eigenvalue weighted by molar-refractivity contribution is -0.703. The second-order valence-corrected chi connectivity index (χ2v) is 6.12. The molecule has 0 amide bonds. The number of quaternary nitrogens is 2. The molecule has 0 aliphatic heterocycles. The van der Waals surface area contributed by atoms with Crippen molar-refractivity contribution in [2.24, 2.45) is 5.73 Å². The molecule has 0 spiro atoms. The van der Waals surface area contributed by atoms with Gasteiger partial charge in [0.2, 0.25) is 5.54 Å². The smallest absolute Gasteiger partial charge is 0.233 e. The Morgan fingerprint density at radius 2 is 1.54 bits per heavy atom. The number of benzene rings is 1. The van der Waals surface area contributed by atoms with Gasteiger partial charge in [-0.25, -0.2) is 0 Å². The molecule has 0 atom stereocenters. The van der Waals surface area contributed by atoms with Gasteiger partial charge in [0.05, 0.1) is 13.1 Å². The first kappa shape index (κ1) is 21.8. The van der Waals surface area contributed by atoms with Crippen molar-refractivity contribution >= 4 is 25.1 Å². The minimum Gasteiger partial charge on any atom is -0.358 e. The molecule has 0 aliphatic rings. The number of nitrogens with one attached hydrogen (secondary N) is 1. The molecule has 0 unspecified atom stereocenters. The maximum absolute atomic E-state index is 11.6. The second kappa shape index (κ2) is 10.7. The summed E-state index contributed by atoms with van der Waals surface area (Å²) in [4.78, 5) is 46.4. The lowest BCUT2D eigenvalue weighted by Crippen LogP contribution is -2.96. The van der Waals surface area contributed by atoms with Gasteiger partial charge in [-0.3, -0.25) is 14.9 Å². The SMILES string of the molecule is NCCC[NH2+]C(C=O)(C=O)c1ccc(C(C=O)(C=O)NCCC[NH3+])cc1. The summed E-state index contributed by atoms with van der Waals surface area (Å²) in [6, 6.07) is 6.32. The van der Waals surface area contributed by atoms with E-state index in [4.69, 9.17) is 5.73 Å². The zero-order valence-corrected chi connectivity index (χ0v) is 14.9. The zero-order valence-electron chi connectivity index (χ0n) is 14.9. The van der Waals surface area contributed by atoms with Crippen molar-refractivity contribution in [3.63, 3.8) is 0 Å². The van der Waals surface area contributed by atoms with Crippen LogP contribution in [-0.4, -0.2) is 51.3 Å². The topological polar surface area (TPSA) is 151 Å². The van der Waals surface area contributed by atoms with Crippen LogP contribution in [0.25, 0.3) is 0 Å². The van der Waals surface area contributed by atoms with E-state index in [2.05, 4.69) is 11.1 Å². The molecule has 8 N–H and O–H groups in total. The van der Waals surface area contributed by atoms with Crippen molar-refractivity contribution in [1.29, 1.82) is 0 Å². The summed E-state index contributed by atoms with van der Waals surface area (Å²) in [6.45, 7) is 2.13. The number of carbonyl (C=O) groups excluding carboxylic acids is 4.